The van der Waals surface area contributed by atoms with Crippen LogP contribution in [-0.4, -0.2) is 25.1 Å². The third kappa shape index (κ3) is 1.38. The summed E-state index contributed by atoms with van der Waals surface area (Å²) < 4.78 is 1.56. The fourth-order valence-corrected chi connectivity index (χ4v) is 1.28. The number of hydrogen-bond acceptors (Lipinski definition) is 4. The van der Waals surface area contributed by atoms with Crippen molar-refractivity contribution in [1.29, 1.82) is 0 Å². The lowest BCUT2D eigenvalue weighted by molar-refractivity contribution is 0.271. The first-order chi connectivity index (χ1) is 6.83. The Morgan fingerprint density at radius 2 is 2.36 bits per heavy atom. The van der Waals surface area contributed by atoms with Gasteiger partial charge >= 0.3 is 0 Å². The van der Waals surface area contributed by atoms with E-state index in [1.54, 1.807) is 24.1 Å². The minimum Gasteiger partial charge on any atom is -0.390 e. The highest BCUT2D eigenvalue weighted by molar-refractivity contribution is 5.59. The largest absolute Gasteiger partial charge is 0.390 e. The third-order valence-corrected chi connectivity index (χ3v) is 2.03. The summed E-state index contributed by atoms with van der Waals surface area (Å²) in [7, 11) is 1.75. The molecule has 0 saturated heterocycles. The van der Waals surface area contributed by atoms with E-state index in [-0.39, 0.29) is 6.61 Å². The molecule has 1 N–H and O–H groups in total. The van der Waals surface area contributed by atoms with Crippen LogP contribution in [0.3, 0.4) is 0 Å². The molecule has 2 rings (SSSR count). The summed E-state index contributed by atoms with van der Waals surface area (Å²) in [5, 5.41) is 16.9. The molecule has 0 fully saturated rings. The highest BCUT2D eigenvalue weighted by atomic mass is 16.3. The molecule has 0 amide bonds. The minimum absolute atomic E-state index is 0.0757. The van der Waals surface area contributed by atoms with Crippen molar-refractivity contribution in [2.75, 3.05) is 0 Å². The van der Waals surface area contributed by atoms with Gasteiger partial charge < -0.3 is 5.11 Å². The van der Waals surface area contributed by atoms with E-state index < -0.39 is 0 Å². The summed E-state index contributed by atoms with van der Waals surface area (Å²) in [4.78, 5) is 3.99. The van der Waals surface area contributed by atoms with Crippen molar-refractivity contribution in [3.63, 3.8) is 0 Å². The maximum atomic E-state index is 9.13. The normalized spacial score (nSPS) is 10.4. The minimum atomic E-state index is -0.0757. The third-order valence-electron chi connectivity index (χ3n) is 2.03. The van der Waals surface area contributed by atoms with Crippen molar-refractivity contribution in [3.8, 4) is 11.3 Å². The van der Waals surface area contributed by atoms with Gasteiger partial charge in [-0.15, -0.1) is 5.10 Å². The molecular weight excluding hydrogens is 180 g/mol. The summed E-state index contributed by atoms with van der Waals surface area (Å²) in [6.45, 7) is -0.0757. The standard InChI is InChI=1S/C9H10N4O/c1-13-8(6-14)9(11-12-13)7-3-2-4-10-5-7/h2-5,14H,6H2,1H3. The van der Waals surface area contributed by atoms with Gasteiger partial charge in [0.05, 0.1) is 12.3 Å². The van der Waals surface area contributed by atoms with Crippen molar-refractivity contribution in [2.45, 2.75) is 6.61 Å². The number of hydrogen-bond donors (Lipinski definition) is 1. The van der Waals surface area contributed by atoms with Crippen LogP contribution >= 0.6 is 0 Å². The SMILES string of the molecule is Cn1nnc(-c2cccnc2)c1CO. The Hall–Kier alpha value is -1.75. The second-order valence-electron chi connectivity index (χ2n) is 2.91. The lowest BCUT2D eigenvalue weighted by atomic mass is 10.2. The fourth-order valence-electron chi connectivity index (χ4n) is 1.28. The molecule has 2 aromatic rings. The van der Waals surface area contributed by atoms with Gasteiger partial charge in [-0.1, -0.05) is 5.21 Å². The van der Waals surface area contributed by atoms with Crippen LogP contribution < -0.4 is 0 Å². The number of aromatic nitrogens is 4. The van der Waals surface area contributed by atoms with Crippen molar-refractivity contribution in [3.05, 3.63) is 30.2 Å². The Labute approximate surface area is 81.0 Å². The maximum absolute atomic E-state index is 9.13. The van der Waals surface area contributed by atoms with E-state index in [0.29, 0.717) is 11.4 Å². The van der Waals surface area contributed by atoms with Crippen molar-refractivity contribution >= 4 is 0 Å². The molecule has 72 valence electrons. The van der Waals surface area contributed by atoms with Crippen molar-refractivity contribution in [1.82, 2.24) is 20.0 Å². The van der Waals surface area contributed by atoms with Gasteiger partial charge in [0, 0.05) is 25.0 Å². The van der Waals surface area contributed by atoms with Gasteiger partial charge in [-0.05, 0) is 12.1 Å². The smallest absolute Gasteiger partial charge is 0.120 e. The number of aliphatic hydroxyl groups is 1. The van der Waals surface area contributed by atoms with Gasteiger partial charge in [0.1, 0.15) is 5.69 Å². The van der Waals surface area contributed by atoms with E-state index in [9.17, 15) is 0 Å². The summed E-state index contributed by atoms with van der Waals surface area (Å²) in [5.41, 5.74) is 2.24. The molecule has 2 heterocycles. The van der Waals surface area contributed by atoms with Crippen LogP contribution in [0.15, 0.2) is 24.5 Å². The Kier molecular flexibility index (Phi) is 2.24. The van der Waals surface area contributed by atoms with E-state index in [2.05, 4.69) is 15.3 Å². The monoisotopic (exact) mass is 190 g/mol. The van der Waals surface area contributed by atoms with E-state index in [1.165, 1.54) is 0 Å². The Morgan fingerprint density at radius 1 is 1.50 bits per heavy atom. The molecule has 0 atom stereocenters. The number of aliphatic hydroxyl groups excluding tert-OH is 1. The van der Waals surface area contributed by atoms with Crippen LogP contribution in [0.1, 0.15) is 5.69 Å². The second kappa shape index (κ2) is 3.55. The van der Waals surface area contributed by atoms with Gasteiger partial charge in [-0.3, -0.25) is 4.98 Å². The summed E-state index contributed by atoms with van der Waals surface area (Å²) in [6, 6.07) is 3.71. The number of pyridine rings is 1. The molecule has 0 aromatic carbocycles. The molecule has 0 unspecified atom stereocenters. The average molecular weight is 190 g/mol. The number of rotatable bonds is 2. The summed E-state index contributed by atoms with van der Waals surface area (Å²) in [6.07, 6.45) is 3.39. The average Bonchev–Trinajstić information content (AvgIpc) is 2.61. The lowest BCUT2D eigenvalue weighted by Gasteiger charge is -1.99. The predicted octanol–water partition coefficient (Wildman–Crippen LogP) is 0.369. The molecule has 0 spiro atoms. The molecule has 0 aliphatic carbocycles. The second-order valence-corrected chi connectivity index (χ2v) is 2.91. The van der Waals surface area contributed by atoms with Crippen LogP contribution in [0.5, 0.6) is 0 Å². The predicted molar refractivity (Wildman–Crippen MR) is 50.2 cm³/mol. The Bertz CT molecular complexity index is 424. The van der Waals surface area contributed by atoms with E-state index >= 15 is 0 Å². The van der Waals surface area contributed by atoms with Crippen LogP contribution in [0, 0.1) is 0 Å². The van der Waals surface area contributed by atoms with Gasteiger partial charge in [0.2, 0.25) is 0 Å². The van der Waals surface area contributed by atoms with Gasteiger partial charge in [0.15, 0.2) is 0 Å². The van der Waals surface area contributed by atoms with Crippen LogP contribution in [-0.2, 0) is 13.7 Å². The molecule has 0 saturated carbocycles. The molecule has 5 nitrogen and oxygen atoms in total. The first-order valence-electron chi connectivity index (χ1n) is 4.22. The molecule has 5 heteroatoms. The first kappa shape index (κ1) is 8.83. The quantitative estimate of drug-likeness (QED) is 0.743. The molecule has 14 heavy (non-hydrogen) atoms. The Morgan fingerprint density at radius 3 is 3.00 bits per heavy atom. The van der Waals surface area contributed by atoms with Crippen molar-refractivity contribution in [2.24, 2.45) is 7.05 Å². The Balaban J connectivity index is 2.52. The molecule has 0 bridgehead atoms. The highest BCUT2D eigenvalue weighted by Crippen LogP contribution is 2.18. The maximum Gasteiger partial charge on any atom is 0.120 e. The summed E-state index contributed by atoms with van der Waals surface area (Å²) in [5.74, 6) is 0. The molecular formula is C9H10N4O. The highest BCUT2D eigenvalue weighted by Gasteiger charge is 2.10. The van der Waals surface area contributed by atoms with Gasteiger partial charge in [0.25, 0.3) is 0 Å². The summed E-state index contributed by atoms with van der Waals surface area (Å²) >= 11 is 0. The molecule has 2 aromatic heterocycles. The number of nitrogens with zero attached hydrogens (tertiary/aromatic N) is 4. The zero-order valence-electron chi connectivity index (χ0n) is 7.75. The molecule has 0 aliphatic heterocycles. The molecule has 0 radical (unpaired) electrons. The zero-order chi connectivity index (χ0) is 9.97. The van der Waals surface area contributed by atoms with E-state index in [0.717, 1.165) is 5.56 Å². The topological polar surface area (TPSA) is 63.8 Å². The first-order valence-corrected chi connectivity index (χ1v) is 4.22. The zero-order valence-corrected chi connectivity index (χ0v) is 7.75. The van der Waals surface area contributed by atoms with E-state index in [4.69, 9.17) is 5.11 Å². The molecule has 0 aliphatic rings. The van der Waals surface area contributed by atoms with Gasteiger partial charge in [-0.25, -0.2) is 4.68 Å². The lowest BCUT2D eigenvalue weighted by Crippen LogP contribution is -1.98. The van der Waals surface area contributed by atoms with Crippen LogP contribution in [0.25, 0.3) is 11.3 Å². The van der Waals surface area contributed by atoms with Gasteiger partial charge in [-0.2, -0.15) is 0 Å². The fraction of sp³-hybridized carbons (Fsp3) is 0.222. The van der Waals surface area contributed by atoms with Crippen LogP contribution in [0.2, 0.25) is 0 Å². The number of aryl methyl sites for hydroxylation is 1. The van der Waals surface area contributed by atoms with E-state index in [1.807, 2.05) is 12.1 Å². The van der Waals surface area contributed by atoms with Crippen LogP contribution in [0.4, 0.5) is 0 Å². The van der Waals surface area contributed by atoms with Crippen molar-refractivity contribution < 1.29 is 5.11 Å².